The maximum absolute atomic E-state index is 13.0. The van der Waals surface area contributed by atoms with Gasteiger partial charge in [0.25, 0.3) is 0 Å². The van der Waals surface area contributed by atoms with Crippen LogP contribution in [-0.2, 0) is 6.54 Å². The fraction of sp³-hybridized carbons (Fsp3) is 0.333. The summed E-state index contributed by atoms with van der Waals surface area (Å²) < 4.78 is 13.0. The van der Waals surface area contributed by atoms with Crippen molar-refractivity contribution in [2.24, 2.45) is 10.7 Å². The van der Waals surface area contributed by atoms with Crippen molar-refractivity contribution in [1.82, 2.24) is 9.88 Å². The van der Waals surface area contributed by atoms with Crippen LogP contribution in [0.2, 0.25) is 0 Å². The van der Waals surface area contributed by atoms with E-state index in [0.717, 1.165) is 43.1 Å². The summed E-state index contributed by atoms with van der Waals surface area (Å²) in [5.74, 6) is 0.345. The van der Waals surface area contributed by atoms with Crippen molar-refractivity contribution in [3.05, 3.63) is 59.7 Å². The van der Waals surface area contributed by atoms with Crippen LogP contribution in [0, 0.1) is 12.7 Å². The largest absolute Gasteiger partial charge is 0.370 e. The Balaban J connectivity index is 1.56. The molecule has 2 aromatic rings. The molecule has 1 saturated heterocycles. The number of aliphatic imine (C=N–C) groups is 1. The van der Waals surface area contributed by atoms with Crippen LogP contribution in [0.5, 0.6) is 0 Å². The number of benzene rings is 1. The molecule has 0 atom stereocenters. The van der Waals surface area contributed by atoms with E-state index in [1.807, 2.05) is 31.2 Å². The summed E-state index contributed by atoms with van der Waals surface area (Å²) in [4.78, 5) is 13.1. The molecule has 0 unspecified atom stereocenters. The molecule has 0 amide bonds. The molecular formula is C18H22FN5. The number of piperazine rings is 1. The third kappa shape index (κ3) is 3.82. The first kappa shape index (κ1) is 16.2. The molecule has 2 N–H and O–H groups in total. The van der Waals surface area contributed by atoms with E-state index in [-0.39, 0.29) is 5.82 Å². The maximum atomic E-state index is 13.0. The van der Waals surface area contributed by atoms with E-state index < -0.39 is 0 Å². The second-order valence-corrected chi connectivity index (χ2v) is 5.89. The summed E-state index contributed by atoms with van der Waals surface area (Å²) in [6.45, 7) is 5.79. The highest BCUT2D eigenvalue weighted by Gasteiger charge is 2.18. The molecule has 0 aliphatic carbocycles. The average molecular weight is 327 g/mol. The van der Waals surface area contributed by atoms with Crippen LogP contribution in [-0.4, -0.2) is 42.0 Å². The van der Waals surface area contributed by atoms with Crippen LogP contribution in [0.3, 0.4) is 0 Å². The molecule has 6 heteroatoms. The highest BCUT2D eigenvalue weighted by atomic mass is 19.1. The lowest BCUT2D eigenvalue weighted by atomic mass is 10.2. The maximum Gasteiger partial charge on any atom is 0.191 e. The molecule has 2 heterocycles. The minimum absolute atomic E-state index is 0.210. The van der Waals surface area contributed by atoms with Crippen molar-refractivity contribution in [2.75, 3.05) is 31.1 Å². The second-order valence-electron chi connectivity index (χ2n) is 5.89. The van der Waals surface area contributed by atoms with Crippen LogP contribution in [0.15, 0.2) is 47.6 Å². The molecule has 1 aromatic heterocycles. The van der Waals surface area contributed by atoms with Crippen molar-refractivity contribution < 1.29 is 4.39 Å². The van der Waals surface area contributed by atoms with Gasteiger partial charge >= 0.3 is 0 Å². The zero-order valence-corrected chi connectivity index (χ0v) is 13.8. The Hall–Kier alpha value is -2.63. The van der Waals surface area contributed by atoms with Crippen LogP contribution in [0.4, 0.5) is 10.1 Å². The minimum Gasteiger partial charge on any atom is -0.370 e. The molecule has 24 heavy (non-hydrogen) atoms. The van der Waals surface area contributed by atoms with Gasteiger partial charge in [0, 0.05) is 38.1 Å². The topological polar surface area (TPSA) is 57.8 Å². The molecular weight excluding hydrogens is 305 g/mol. The lowest BCUT2D eigenvalue weighted by Crippen LogP contribution is -2.51. The fourth-order valence-electron chi connectivity index (χ4n) is 2.79. The molecule has 1 aliphatic rings. The molecule has 0 spiro atoms. The molecule has 1 aliphatic heterocycles. The summed E-state index contributed by atoms with van der Waals surface area (Å²) in [6.07, 6.45) is 1.77. The molecule has 3 rings (SSSR count). The Labute approximate surface area is 141 Å². The summed E-state index contributed by atoms with van der Waals surface area (Å²) in [5.41, 5.74) is 9.24. The number of aryl methyl sites for hydroxylation is 1. The number of nitrogens with zero attached hydrogens (tertiary/aromatic N) is 4. The number of hydrogen-bond donors (Lipinski definition) is 1. The van der Waals surface area contributed by atoms with Gasteiger partial charge in [-0.05, 0) is 42.8 Å². The van der Waals surface area contributed by atoms with Gasteiger partial charge in [-0.25, -0.2) is 9.38 Å². The van der Waals surface area contributed by atoms with Gasteiger partial charge in [-0.2, -0.15) is 0 Å². The molecule has 5 nitrogen and oxygen atoms in total. The van der Waals surface area contributed by atoms with Gasteiger partial charge in [-0.1, -0.05) is 6.07 Å². The van der Waals surface area contributed by atoms with Crippen LogP contribution < -0.4 is 10.6 Å². The monoisotopic (exact) mass is 327 g/mol. The summed E-state index contributed by atoms with van der Waals surface area (Å²) in [7, 11) is 0. The molecule has 0 bridgehead atoms. The Kier molecular flexibility index (Phi) is 4.93. The van der Waals surface area contributed by atoms with Gasteiger partial charge in [0.1, 0.15) is 5.82 Å². The van der Waals surface area contributed by atoms with E-state index in [9.17, 15) is 4.39 Å². The Morgan fingerprint density at radius 2 is 1.88 bits per heavy atom. The Morgan fingerprint density at radius 3 is 2.54 bits per heavy atom. The van der Waals surface area contributed by atoms with E-state index in [1.165, 1.54) is 12.1 Å². The van der Waals surface area contributed by atoms with E-state index >= 15 is 0 Å². The number of guanidine groups is 1. The van der Waals surface area contributed by atoms with Gasteiger partial charge in [-0.15, -0.1) is 0 Å². The van der Waals surface area contributed by atoms with Crippen molar-refractivity contribution in [3.8, 4) is 0 Å². The first-order chi connectivity index (χ1) is 11.6. The second kappa shape index (κ2) is 7.29. The van der Waals surface area contributed by atoms with Crippen molar-refractivity contribution in [1.29, 1.82) is 0 Å². The summed E-state index contributed by atoms with van der Waals surface area (Å²) in [5, 5.41) is 0. The number of rotatable bonds is 3. The number of halogens is 1. The molecule has 126 valence electrons. The first-order valence-corrected chi connectivity index (χ1v) is 8.09. The zero-order chi connectivity index (χ0) is 16.9. The number of pyridine rings is 1. The standard InChI is InChI=1S/C18H22FN5/c1-14-3-2-8-21-17(14)13-22-18(20)24-11-9-23(10-12-24)16-6-4-15(19)5-7-16/h2-8H,9-13H2,1H3,(H2,20,22). The quantitative estimate of drug-likeness (QED) is 0.693. The SMILES string of the molecule is Cc1cccnc1CN=C(N)N1CCN(c2ccc(F)cc2)CC1. The van der Waals surface area contributed by atoms with Gasteiger partial charge in [0.2, 0.25) is 0 Å². The van der Waals surface area contributed by atoms with Crippen LogP contribution >= 0.6 is 0 Å². The molecule has 1 fully saturated rings. The lowest BCUT2D eigenvalue weighted by Gasteiger charge is -2.36. The normalized spacial score (nSPS) is 15.7. The molecule has 0 radical (unpaired) electrons. The van der Waals surface area contributed by atoms with Gasteiger partial charge < -0.3 is 15.5 Å². The Morgan fingerprint density at radius 1 is 1.17 bits per heavy atom. The predicted octanol–water partition coefficient (Wildman–Crippen LogP) is 2.17. The van der Waals surface area contributed by atoms with E-state index in [4.69, 9.17) is 5.73 Å². The Bertz CT molecular complexity index is 706. The first-order valence-electron chi connectivity index (χ1n) is 8.09. The highest BCUT2D eigenvalue weighted by Crippen LogP contribution is 2.17. The number of anilines is 1. The van der Waals surface area contributed by atoms with Crippen LogP contribution in [0.1, 0.15) is 11.3 Å². The summed E-state index contributed by atoms with van der Waals surface area (Å²) >= 11 is 0. The van der Waals surface area contributed by atoms with Crippen LogP contribution in [0.25, 0.3) is 0 Å². The van der Waals surface area contributed by atoms with Gasteiger partial charge in [0.15, 0.2) is 5.96 Å². The number of hydrogen-bond acceptors (Lipinski definition) is 3. The minimum atomic E-state index is -0.210. The van der Waals surface area contributed by atoms with E-state index in [0.29, 0.717) is 12.5 Å². The predicted molar refractivity (Wildman–Crippen MR) is 94.5 cm³/mol. The third-order valence-corrected chi connectivity index (χ3v) is 4.30. The third-order valence-electron chi connectivity index (χ3n) is 4.30. The zero-order valence-electron chi connectivity index (χ0n) is 13.8. The van der Waals surface area contributed by atoms with Gasteiger partial charge in [-0.3, -0.25) is 4.98 Å². The number of aromatic nitrogens is 1. The van der Waals surface area contributed by atoms with Gasteiger partial charge in [0.05, 0.1) is 12.2 Å². The van der Waals surface area contributed by atoms with Crippen molar-refractivity contribution >= 4 is 11.6 Å². The molecule has 0 saturated carbocycles. The lowest BCUT2D eigenvalue weighted by molar-refractivity contribution is 0.380. The van der Waals surface area contributed by atoms with E-state index in [1.54, 1.807) is 6.20 Å². The smallest absolute Gasteiger partial charge is 0.191 e. The number of nitrogens with two attached hydrogens (primary N) is 1. The highest BCUT2D eigenvalue weighted by molar-refractivity contribution is 5.78. The van der Waals surface area contributed by atoms with Crippen molar-refractivity contribution in [2.45, 2.75) is 13.5 Å². The fourth-order valence-corrected chi connectivity index (χ4v) is 2.79. The summed E-state index contributed by atoms with van der Waals surface area (Å²) in [6, 6.07) is 10.5. The molecule has 1 aromatic carbocycles. The van der Waals surface area contributed by atoms with E-state index in [2.05, 4.69) is 19.8 Å². The van der Waals surface area contributed by atoms with Crippen molar-refractivity contribution in [3.63, 3.8) is 0 Å². The average Bonchev–Trinajstić information content (AvgIpc) is 2.62.